The topological polar surface area (TPSA) is 52.5 Å². The largest absolute Gasteiger partial charge is 0.396 e. The Morgan fingerprint density at radius 1 is 1.14 bits per heavy atom. The number of rotatable bonds is 5. The molecule has 1 rings (SSSR count). The highest BCUT2D eigenvalue weighted by atomic mass is 16.3. The van der Waals surface area contributed by atoms with E-state index in [1.165, 1.54) is 0 Å². The lowest BCUT2D eigenvalue weighted by Crippen LogP contribution is -2.04. The monoisotopic (exact) mass is 195 g/mol. The predicted octanol–water partition coefficient (Wildman–Crippen LogP) is 0.798. The minimum atomic E-state index is 0.136. The lowest BCUT2D eigenvalue weighted by atomic mass is 10.0. The minimum Gasteiger partial charge on any atom is -0.396 e. The van der Waals surface area contributed by atoms with Crippen LogP contribution in [-0.2, 0) is 12.8 Å². The molecule has 0 fully saturated rings. The SMILES string of the molecule is CNc1cccc(CCO)c1CCO. The molecule has 0 bridgehead atoms. The van der Waals surface area contributed by atoms with Crippen LogP contribution in [0.4, 0.5) is 5.69 Å². The zero-order valence-electron chi connectivity index (χ0n) is 8.45. The van der Waals surface area contributed by atoms with E-state index >= 15 is 0 Å². The van der Waals surface area contributed by atoms with Crippen molar-refractivity contribution in [1.29, 1.82) is 0 Å². The summed E-state index contributed by atoms with van der Waals surface area (Å²) in [7, 11) is 1.86. The Labute approximate surface area is 84.4 Å². The zero-order chi connectivity index (χ0) is 10.4. The zero-order valence-corrected chi connectivity index (χ0v) is 8.45. The number of anilines is 1. The fourth-order valence-corrected chi connectivity index (χ4v) is 1.63. The molecule has 3 heteroatoms. The van der Waals surface area contributed by atoms with Crippen molar-refractivity contribution in [3.8, 4) is 0 Å². The summed E-state index contributed by atoms with van der Waals surface area (Å²) >= 11 is 0. The second-order valence-corrected chi connectivity index (χ2v) is 3.14. The molecule has 0 atom stereocenters. The Morgan fingerprint density at radius 2 is 1.86 bits per heavy atom. The lowest BCUT2D eigenvalue weighted by Gasteiger charge is -2.12. The highest BCUT2D eigenvalue weighted by molar-refractivity contribution is 5.54. The molecular weight excluding hydrogens is 178 g/mol. The molecule has 0 spiro atoms. The minimum absolute atomic E-state index is 0.136. The normalized spacial score (nSPS) is 10.2. The molecule has 0 saturated carbocycles. The number of nitrogens with one attached hydrogen (secondary N) is 1. The highest BCUT2D eigenvalue weighted by Crippen LogP contribution is 2.20. The third-order valence-electron chi connectivity index (χ3n) is 2.29. The van der Waals surface area contributed by atoms with Gasteiger partial charge >= 0.3 is 0 Å². The molecule has 1 aromatic rings. The number of aliphatic hydroxyl groups is 2. The van der Waals surface area contributed by atoms with E-state index in [9.17, 15) is 0 Å². The molecule has 14 heavy (non-hydrogen) atoms. The van der Waals surface area contributed by atoms with Crippen LogP contribution >= 0.6 is 0 Å². The molecule has 0 aliphatic rings. The van der Waals surface area contributed by atoms with E-state index in [-0.39, 0.29) is 13.2 Å². The molecule has 3 nitrogen and oxygen atoms in total. The van der Waals surface area contributed by atoms with Crippen molar-refractivity contribution >= 4 is 5.69 Å². The Morgan fingerprint density at radius 3 is 2.43 bits per heavy atom. The maximum Gasteiger partial charge on any atom is 0.0472 e. The van der Waals surface area contributed by atoms with Gasteiger partial charge in [0.05, 0.1) is 0 Å². The Kier molecular flexibility index (Phi) is 4.43. The molecule has 0 aromatic heterocycles. The highest BCUT2D eigenvalue weighted by Gasteiger charge is 2.05. The number of aliphatic hydroxyl groups excluding tert-OH is 2. The first-order valence-electron chi connectivity index (χ1n) is 4.83. The van der Waals surface area contributed by atoms with Crippen LogP contribution in [0.3, 0.4) is 0 Å². The summed E-state index contributed by atoms with van der Waals surface area (Å²) in [6, 6.07) is 5.92. The molecule has 0 aliphatic heterocycles. The van der Waals surface area contributed by atoms with Gasteiger partial charge in [0.25, 0.3) is 0 Å². The summed E-state index contributed by atoms with van der Waals surface area (Å²) in [4.78, 5) is 0. The van der Waals surface area contributed by atoms with Gasteiger partial charge in [-0.25, -0.2) is 0 Å². The molecule has 0 amide bonds. The predicted molar refractivity (Wildman–Crippen MR) is 57.6 cm³/mol. The van der Waals surface area contributed by atoms with Gasteiger partial charge in [-0.1, -0.05) is 12.1 Å². The van der Waals surface area contributed by atoms with Crippen molar-refractivity contribution in [2.24, 2.45) is 0 Å². The van der Waals surface area contributed by atoms with E-state index in [4.69, 9.17) is 10.2 Å². The van der Waals surface area contributed by atoms with Crippen molar-refractivity contribution in [2.45, 2.75) is 12.8 Å². The first kappa shape index (κ1) is 11.0. The molecular formula is C11H17NO2. The van der Waals surface area contributed by atoms with Gasteiger partial charge in [-0.05, 0) is 30.0 Å². The third-order valence-corrected chi connectivity index (χ3v) is 2.29. The average molecular weight is 195 g/mol. The number of hydrogen-bond acceptors (Lipinski definition) is 3. The number of hydrogen-bond donors (Lipinski definition) is 3. The average Bonchev–Trinajstić information content (AvgIpc) is 2.21. The summed E-state index contributed by atoms with van der Waals surface area (Å²) in [5, 5.41) is 20.9. The summed E-state index contributed by atoms with van der Waals surface area (Å²) in [5.74, 6) is 0. The van der Waals surface area contributed by atoms with E-state index in [1.54, 1.807) is 0 Å². The quantitative estimate of drug-likeness (QED) is 0.651. The fraction of sp³-hybridized carbons (Fsp3) is 0.455. The van der Waals surface area contributed by atoms with Crippen LogP contribution in [0.5, 0.6) is 0 Å². The van der Waals surface area contributed by atoms with Crippen LogP contribution in [0.2, 0.25) is 0 Å². The first-order chi connectivity index (χ1) is 6.83. The van der Waals surface area contributed by atoms with E-state index < -0.39 is 0 Å². The van der Waals surface area contributed by atoms with E-state index in [0.717, 1.165) is 16.8 Å². The standard InChI is InChI=1S/C11H17NO2/c1-12-11-4-2-3-9(5-7-13)10(11)6-8-14/h2-4,12-14H,5-8H2,1H3. The molecule has 3 N–H and O–H groups in total. The van der Waals surface area contributed by atoms with Crippen LogP contribution in [0.1, 0.15) is 11.1 Å². The molecule has 0 radical (unpaired) electrons. The van der Waals surface area contributed by atoms with Crippen LogP contribution < -0.4 is 5.32 Å². The second kappa shape index (κ2) is 5.62. The van der Waals surface area contributed by atoms with Crippen molar-refractivity contribution < 1.29 is 10.2 Å². The fourth-order valence-electron chi connectivity index (χ4n) is 1.63. The lowest BCUT2D eigenvalue weighted by molar-refractivity contribution is 0.293. The molecule has 0 heterocycles. The van der Waals surface area contributed by atoms with Gasteiger partial charge in [-0.3, -0.25) is 0 Å². The van der Waals surface area contributed by atoms with Crippen LogP contribution in [0, 0.1) is 0 Å². The molecule has 0 saturated heterocycles. The summed E-state index contributed by atoms with van der Waals surface area (Å²) in [5.41, 5.74) is 3.24. The van der Waals surface area contributed by atoms with E-state index in [0.29, 0.717) is 12.8 Å². The molecule has 1 aromatic carbocycles. The molecule has 78 valence electrons. The van der Waals surface area contributed by atoms with Gasteiger partial charge in [0, 0.05) is 25.9 Å². The van der Waals surface area contributed by atoms with Crippen LogP contribution in [0.25, 0.3) is 0 Å². The van der Waals surface area contributed by atoms with E-state index in [1.807, 2.05) is 25.2 Å². The maximum absolute atomic E-state index is 8.94. The van der Waals surface area contributed by atoms with Gasteiger partial charge in [0.2, 0.25) is 0 Å². The Balaban J connectivity index is 3.00. The smallest absolute Gasteiger partial charge is 0.0472 e. The summed E-state index contributed by atoms with van der Waals surface area (Å²) in [6.07, 6.45) is 1.27. The maximum atomic E-state index is 8.94. The van der Waals surface area contributed by atoms with Crippen molar-refractivity contribution in [3.05, 3.63) is 29.3 Å². The molecule has 0 aliphatic carbocycles. The van der Waals surface area contributed by atoms with Crippen molar-refractivity contribution in [1.82, 2.24) is 0 Å². The van der Waals surface area contributed by atoms with Gasteiger partial charge in [0.1, 0.15) is 0 Å². The third kappa shape index (κ3) is 2.47. The first-order valence-corrected chi connectivity index (χ1v) is 4.83. The molecule has 0 unspecified atom stereocenters. The Bertz CT molecular complexity index is 287. The van der Waals surface area contributed by atoms with Gasteiger partial charge in [-0.15, -0.1) is 0 Å². The van der Waals surface area contributed by atoms with Gasteiger partial charge < -0.3 is 15.5 Å². The Hall–Kier alpha value is -1.06. The van der Waals surface area contributed by atoms with Gasteiger partial charge in [0.15, 0.2) is 0 Å². The van der Waals surface area contributed by atoms with Crippen LogP contribution in [-0.4, -0.2) is 30.5 Å². The van der Waals surface area contributed by atoms with Crippen LogP contribution in [0.15, 0.2) is 18.2 Å². The second-order valence-electron chi connectivity index (χ2n) is 3.14. The van der Waals surface area contributed by atoms with Crippen molar-refractivity contribution in [2.75, 3.05) is 25.6 Å². The summed E-state index contributed by atoms with van der Waals surface area (Å²) < 4.78 is 0. The summed E-state index contributed by atoms with van der Waals surface area (Å²) in [6.45, 7) is 0.280. The van der Waals surface area contributed by atoms with Crippen molar-refractivity contribution in [3.63, 3.8) is 0 Å². The van der Waals surface area contributed by atoms with Gasteiger partial charge in [-0.2, -0.15) is 0 Å². The van der Waals surface area contributed by atoms with E-state index in [2.05, 4.69) is 5.32 Å². The number of benzene rings is 1.